The number of rotatable bonds is 10. The van der Waals surface area contributed by atoms with Crippen LogP contribution in [0, 0.1) is 0 Å². The number of hydrogen-bond donors (Lipinski definition) is 2. The summed E-state index contributed by atoms with van der Waals surface area (Å²) >= 11 is 0. The van der Waals surface area contributed by atoms with Gasteiger partial charge in [-0.15, -0.1) is 0 Å². The summed E-state index contributed by atoms with van der Waals surface area (Å²) in [6.07, 6.45) is 0.835. The Labute approximate surface area is 206 Å². The monoisotopic (exact) mass is 495 g/mol. The van der Waals surface area contributed by atoms with Gasteiger partial charge >= 0.3 is 0 Å². The van der Waals surface area contributed by atoms with Gasteiger partial charge in [-0.05, 0) is 54.4 Å². The second kappa shape index (κ2) is 11.6. The molecule has 0 radical (unpaired) electrons. The van der Waals surface area contributed by atoms with Crippen molar-refractivity contribution in [1.82, 2.24) is 9.62 Å². The molecular formula is C26H29N3O5S. The lowest BCUT2D eigenvalue weighted by molar-refractivity contribution is 0.0953. The highest BCUT2D eigenvalue weighted by Crippen LogP contribution is 2.28. The van der Waals surface area contributed by atoms with Crippen molar-refractivity contribution < 1.29 is 22.7 Å². The Morgan fingerprint density at radius 3 is 2.20 bits per heavy atom. The van der Waals surface area contributed by atoms with Gasteiger partial charge in [0.05, 0.1) is 7.11 Å². The molecule has 8 nitrogen and oxygen atoms in total. The Hall–Kier alpha value is -3.69. The van der Waals surface area contributed by atoms with E-state index in [1.165, 1.54) is 36.7 Å². The van der Waals surface area contributed by atoms with E-state index in [-0.39, 0.29) is 28.7 Å². The van der Waals surface area contributed by atoms with Gasteiger partial charge in [-0.1, -0.05) is 37.3 Å². The van der Waals surface area contributed by atoms with Crippen molar-refractivity contribution in [3.63, 3.8) is 0 Å². The van der Waals surface area contributed by atoms with Gasteiger partial charge in [-0.3, -0.25) is 9.59 Å². The first-order valence-electron chi connectivity index (χ1n) is 11.1. The van der Waals surface area contributed by atoms with Gasteiger partial charge < -0.3 is 15.4 Å². The number of ether oxygens (including phenoxy) is 1. The number of amides is 2. The van der Waals surface area contributed by atoms with E-state index in [1.54, 1.807) is 24.3 Å². The van der Waals surface area contributed by atoms with Crippen LogP contribution in [0.5, 0.6) is 5.75 Å². The van der Waals surface area contributed by atoms with Crippen LogP contribution in [0.1, 0.15) is 39.6 Å². The molecule has 9 heteroatoms. The summed E-state index contributed by atoms with van der Waals surface area (Å²) in [6, 6.07) is 19.9. The van der Waals surface area contributed by atoms with E-state index in [0.717, 1.165) is 12.0 Å². The van der Waals surface area contributed by atoms with Crippen LogP contribution in [-0.4, -0.2) is 45.2 Å². The first kappa shape index (κ1) is 25.9. The summed E-state index contributed by atoms with van der Waals surface area (Å²) in [6.45, 7) is 2.72. The summed E-state index contributed by atoms with van der Waals surface area (Å²) in [4.78, 5) is 24.8. The van der Waals surface area contributed by atoms with E-state index < -0.39 is 15.9 Å². The molecule has 2 N–H and O–H groups in total. The standard InChI is InChI=1S/C26H29N3O5S/c1-4-16-27-25(30)20-10-13-22(14-11-20)28-26(31)21-12-15-23(34-3)24(17-21)35(32,33)29(2)18-19-8-6-5-7-9-19/h5-15,17H,4,16,18H2,1-3H3,(H,27,30)(H,28,31). The van der Waals surface area contributed by atoms with E-state index in [1.807, 2.05) is 37.3 Å². The maximum atomic E-state index is 13.3. The lowest BCUT2D eigenvalue weighted by Crippen LogP contribution is -2.27. The number of carbonyl (C=O) groups excluding carboxylic acids is 2. The van der Waals surface area contributed by atoms with Crippen molar-refractivity contribution in [3.8, 4) is 5.75 Å². The van der Waals surface area contributed by atoms with Crippen LogP contribution in [0.15, 0.2) is 77.7 Å². The number of hydrogen-bond acceptors (Lipinski definition) is 5. The van der Waals surface area contributed by atoms with E-state index in [2.05, 4.69) is 10.6 Å². The van der Waals surface area contributed by atoms with Gasteiger partial charge in [-0.2, -0.15) is 4.31 Å². The van der Waals surface area contributed by atoms with Crippen LogP contribution in [0.25, 0.3) is 0 Å². The fourth-order valence-electron chi connectivity index (χ4n) is 3.36. The lowest BCUT2D eigenvalue weighted by Gasteiger charge is -2.19. The predicted octanol–water partition coefficient (Wildman–Crippen LogP) is 3.91. The van der Waals surface area contributed by atoms with Crippen molar-refractivity contribution in [1.29, 1.82) is 0 Å². The molecule has 0 saturated heterocycles. The van der Waals surface area contributed by atoms with Crippen LogP contribution >= 0.6 is 0 Å². The molecule has 0 spiro atoms. The van der Waals surface area contributed by atoms with Crippen molar-refractivity contribution in [2.75, 3.05) is 26.0 Å². The molecule has 0 unspecified atom stereocenters. The molecule has 0 saturated carbocycles. The number of nitrogens with zero attached hydrogens (tertiary/aromatic N) is 1. The fourth-order valence-corrected chi connectivity index (χ4v) is 4.70. The van der Waals surface area contributed by atoms with Gasteiger partial charge in [-0.25, -0.2) is 8.42 Å². The second-order valence-electron chi connectivity index (χ2n) is 7.90. The molecular weight excluding hydrogens is 466 g/mol. The molecule has 0 heterocycles. The molecule has 0 aliphatic heterocycles. The third-order valence-electron chi connectivity index (χ3n) is 5.30. The minimum Gasteiger partial charge on any atom is -0.495 e. The zero-order valence-electron chi connectivity index (χ0n) is 19.9. The molecule has 184 valence electrons. The van der Waals surface area contributed by atoms with E-state index in [0.29, 0.717) is 17.8 Å². The van der Waals surface area contributed by atoms with Gasteiger partial charge in [0.25, 0.3) is 11.8 Å². The third kappa shape index (κ3) is 6.46. The molecule has 3 aromatic rings. The number of benzene rings is 3. The van der Waals surface area contributed by atoms with Crippen LogP contribution in [0.2, 0.25) is 0 Å². The van der Waals surface area contributed by atoms with Crippen molar-refractivity contribution in [2.24, 2.45) is 0 Å². The summed E-state index contributed by atoms with van der Waals surface area (Å²) in [5.74, 6) is -0.531. The quantitative estimate of drug-likeness (QED) is 0.444. The molecule has 0 bridgehead atoms. The largest absolute Gasteiger partial charge is 0.495 e. The number of anilines is 1. The predicted molar refractivity (Wildman–Crippen MR) is 135 cm³/mol. The highest BCUT2D eigenvalue weighted by atomic mass is 32.2. The Bertz CT molecular complexity index is 1280. The number of nitrogens with one attached hydrogen (secondary N) is 2. The average Bonchev–Trinajstić information content (AvgIpc) is 2.87. The van der Waals surface area contributed by atoms with Crippen LogP contribution in [0.4, 0.5) is 5.69 Å². The average molecular weight is 496 g/mol. The summed E-state index contributed by atoms with van der Waals surface area (Å²) in [5, 5.41) is 5.52. The molecule has 0 atom stereocenters. The molecule has 0 aromatic heterocycles. The summed E-state index contributed by atoms with van der Waals surface area (Å²) in [7, 11) is -1.09. The van der Waals surface area contributed by atoms with Gasteiger partial charge in [0.1, 0.15) is 10.6 Å². The number of sulfonamides is 1. The third-order valence-corrected chi connectivity index (χ3v) is 7.13. The molecule has 0 aliphatic carbocycles. The first-order chi connectivity index (χ1) is 16.8. The summed E-state index contributed by atoms with van der Waals surface area (Å²) < 4.78 is 33.1. The van der Waals surface area contributed by atoms with E-state index in [9.17, 15) is 18.0 Å². The Kier molecular flexibility index (Phi) is 8.62. The van der Waals surface area contributed by atoms with E-state index in [4.69, 9.17) is 4.74 Å². The maximum absolute atomic E-state index is 13.3. The van der Waals surface area contributed by atoms with Crippen LogP contribution in [-0.2, 0) is 16.6 Å². The van der Waals surface area contributed by atoms with Crippen molar-refractivity contribution in [3.05, 3.63) is 89.5 Å². The minimum absolute atomic E-state index is 0.103. The zero-order chi connectivity index (χ0) is 25.4. The van der Waals surface area contributed by atoms with Crippen molar-refractivity contribution >= 4 is 27.5 Å². The Morgan fingerprint density at radius 1 is 0.914 bits per heavy atom. The molecule has 35 heavy (non-hydrogen) atoms. The minimum atomic E-state index is -3.95. The Morgan fingerprint density at radius 2 is 1.57 bits per heavy atom. The maximum Gasteiger partial charge on any atom is 0.255 e. The van der Waals surface area contributed by atoms with Gasteiger partial charge in [0.2, 0.25) is 10.0 Å². The van der Waals surface area contributed by atoms with Gasteiger partial charge in [0, 0.05) is 37.0 Å². The van der Waals surface area contributed by atoms with E-state index >= 15 is 0 Å². The summed E-state index contributed by atoms with van der Waals surface area (Å²) in [5.41, 5.74) is 1.94. The second-order valence-corrected chi connectivity index (χ2v) is 9.91. The van der Waals surface area contributed by atoms with Crippen LogP contribution in [0.3, 0.4) is 0 Å². The molecule has 0 fully saturated rings. The highest BCUT2D eigenvalue weighted by molar-refractivity contribution is 7.89. The first-order valence-corrected chi connectivity index (χ1v) is 12.6. The van der Waals surface area contributed by atoms with Crippen LogP contribution < -0.4 is 15.4 Å². The number of carbonyl (C=O) groups is 2. The Balaban J connectivity index is 1.79. The highest BCUT2D eigenvalue weighted by Gasteiger charge is 2.26. The smallest absolute Gasteiger partial charge is 0.255 e. The molecule has 2 amide bonds. The molecule has 0 aliphatic rings. The SMILES string of the molecule is CCCNC(=O)c1ccc(NC(=O)c2ccc(OC)c(S(=O)(=O)N(C)Cc3ccccc3)c2)cc1. The number of methoxy groups -OCH3 is 1. The van der Waals surface area contributed by atoms with Crippen molar-refractivity contribution in [2.45, 2.75) is 24.8 Å². The lowest BCUT2D eigenvalue weighted by atomic mass is 10.1. The van der Waals surface area contributed by atoms with Gasteiger partial charge in [0.15, 0.2) is 0 Å². The zero-order valence-corrected chi connectivity index (χ0v) is 20.8. The molecule has 3 rings (SSSR count). The topological polar surface area (TPSA) is 105 Å². The molecule has 3 aromatic carbocycles. The fraction of sp³-hybridized carbons (Fsp3) is 0.231. The normalized spacial score (nSPS) is 11.2.